The van der Waals surface area contributed by atoms with Gasteiger partial charge in [-0.05, 0) is 17.3 Å². The molecular weight excluding hydrogens is 244 g/mol. The summed E-state index contributed by atoms with van der Waals surface area (Å²) in [5.74, 6) is -0.325. The summed E-state index contributed by atoms with van der Waals surface area (Å²) in [6.07, 6.45) is 1.89. The number of nitrogens with one attached hydrogen (secondary N) is 1. The summed E-state index contributed by atoms with van der Waals surface area (Å²) in [7, 11) is 0. The lowest BCUT2D eigenvalue weighted by molar-refractivity contribution is -0.380. The van der Waals surface area contributed by atoms with Crippen molar-refractivity contribution in [1.82, 2.24) is 4.98 Å². The minimum Gasteiger partial charge on any atom is -0.320 e. The molecule has 8 heteroatoms. The Bertz CT molecular complexity index is 420. The first kappa shape index (κ1) is 13.5. The fraction of sp³-hybridized carbons (Fsp3) is 0.556. The molecule has 2 atom stereocenters. The average Bonchev–Trinajstić information content (AvgIpc) is 2.75. The van der Waals surface area contributed by atoms with Crippen LogP contribution in [0, 0.1) is 16.0 Å². The molecule has 1 amide bonds. The van der Waals surface area contributed by atoms with Gasteiger partial charge < -0.3 is 11.1 Å². The largest absolute Gasteiger partial charge is 0.345 e. The van der Waals surface area contributed by atoms with E-state index in [1.165, 1.54) is 0 Å². The Labute approximate surface area is 102 Å². The lowest BCUT2D eigenvalue weighted by atomic mass is 10.00. The summed E-state index contributed by atoms with van der Waals surface area (Å²) >= 11 is 0.808. The Hall–Kier alpha value is -1.54. The number of hydrogen-bond donors (Lipinski definition) is 2. The minimum atomic E-state index is -0.636. The van der Waals surface area contributed by atoms with Gasteiger partial charge >= 0.3 is 5.00 Å². The van der Waals surface area contributed by atoms with Crippen molar-refractivity contribution in [1.29, 1.82) is 0 Å². The highest BCUT2D eigenvalue weighted by Crippen LogP contribution is 2.25. The number of nitro groups is 1. The van der Waals surface area contributed by atoms with E-state index in [1.54, 1.807) is 0 Å². The molecule has 0 aromatic carbocycles. The molecule has 7 nitrogen and oxygen atoms in total. The van der Waals surface area contributed by atoms with E-state index in [1.807, 2.05) is 13.8 Å². The molecule has 0 spiro atoms. The van der Waals surface area contributed by atoms with Crippen LogP contribution in [0.15, 0.2) is 6.20 Å². The van der Waals surface area contributed by atoms with E-state index in [9.17, 15) is 14.9 Å². The Morgan fingerprint density at radius 3 is 2.88 bits per heavy atom. The smallest absolute Gasteiger partial charge is 0.320 e. The van der Waals surface area contributed by atoms with Crippen molar-refractivity contribution >= 4 is 27.4 Å². The third kappa shape index (κ3) is 3.46. The number of nitrogens with zero attached hydrogens (tertiary/aromatic N) is 2. The van der Waals surface area contributed by atoms with Gasteiger partial charge in [-0.15, -0.1) is 0 Å². The van der Waals surface area contributed by atoms with Crippen LogP contribution >= 0.6 is 11.3 Å². The molecule has 17 heavy (non-hydrogen) atoms. The van der Waals surface area contributed by atoms with Crippen LogP contribution in [0.25, 0.3) is 0 Å². The fourth-order valence-corrected chi connectivity index (χ4v) is 1.74. The summed E-state index contributed by atoms with van der Waals surface area (Å²) in [5, 5.41) is 13.0. The zero-order valence-electron chi connectivity index (χ0n) is 9.54. The van der Waals surface area contributed by atoms with Gasteiger partial charge in [0, 0.05) is 0 Å². The molecule has 0 aliphatic rings. The van der Waals surface area contributed by atoms with Gasteiger partial charge in [-0.3, -0.25) is 14.9 Å². The molecule has 1 aromatic rings. The van der Waals surface area contributed by atoms with Crippen molar-refractivity contribution in [2.75, 3.05) is 5.32 Å². The molecule has 94 valence electrons. The van der Waals surface area contributed by atoms with Crippen molar-refractivity contribution in [3.8, 4) is 0 Å². The number of hydrogen-bond acceptors (Lipinski definition) is 6. The van der Waals surface area contributed by atoms with E-state index in [2.05, 4.69) is 10.3 Å². The van der Waals surface area contributed by atoms with Crippen molar-refractivity contribution in [2.24, 2.45) is 11.7 Å². The summed E-state index contributed by atoms with van der Waals surface area (Å²) in [5.41, 5.74) is 5.72. The van der Waals surface area contributed by atoms with Crippen LogP contribution in [0.1, 0.15) is 20.3 Å². The molecule has 1 unspecified atom stereocenters. The summed E-state index contributed by atoms with van der Waals surface area (Å²) in [4.78, 5) is 25.3. The number of amides is 1. The number of thiazole rings is 1. The minimum absolute atomic E-state index is 0.0462. The number of aromatic nitrogens is 1. The van der Waals surface area contributed by atoms with E-state index in [4.69, 9.17) is 5.73 Å². The molecule has 1 aromatic heterocycles. The van der Waals surface area contributed by atoms with Gasteiger partial charge in [0.25, 0.3) is 0 Å². The summed E-state index contributed by atoms with van der Waals surface area (Å²) < 4.78 is 0. The Kier molecular flexibility index (Phi) is 4.53. The molecule has 0 aliphatic heterocycles. The second kappa shape index (κ2) is 5.69. The van der Waals surface area contributed by atoms with Gasteiger partial charge in [0.2, 0.25) is 5.91 Å². The molecule has 1 rings (SSSR count). The van der Waals surface area contributed by atoms with Gasteiger partial charge in [0.1, 0.15) is 6.20 Å². The van der Waals surface area contributed by atoms with Gasteiger partial charge in [-0.2, -0.15) is 0 Å². The van der Waals surface area contributed by atoms with Crippen LogP contribution in [0.4, 0.5) is 10.1 Å². The van der Waals surface area contributed by atoms with Crippen LogP contribution in [0.3, 0.4) is 0 Å². The van der Waals surface area contributed by atoms with E-state index in [0.29, 0.717) is 0 Å². The maximum absolute atomic E-state index is 11.7. The van der Waals surface area contributed by atoms with Crippen molar-refractivity contribution < 1.29 is 9.72 Å². The second-order valence-corrected chi connectivity index (χ2v) is 4.67. The first-order valence-electron chi connectivity index (χ1n) is 5.12. The van der Waals surface area contributed by atoms with Crippen LogP contribution < -0.4 is 11.1 Å². The van der Waals surface area contributed by atoms with Crippen molar-refractivity contribution in [2.45, 2.75) is 26.3 Å². The van der Waals surface area contributed by atoms with Crippen LogP contribution in [-0.4, -0.2) is 21.9 Å². The SMILES string of the molecule is CCC(C)[C@H](N)C(=O)Nc1ncc([N+](=O)[O-])s1. The van der Waals surface area contributed by atoms with E-state index in [-0.39, 0.29) is 22.0 Å². The zero-order valence-corrected chi connectivity index (χ0v) is 10.4. The van der Waals surface area contributed by atoms with Crippen LogP contribution in [-0.2, 0) is 4.79 Å². The topological polar surface area (TPSA) is 111 Å². The second-order valence-electron chi connectivity index (χ2n) is 3.66. The van der Waals surface area contributed by atoms with Gasteiger partial charge in [0.15, 0.2) is 5.13 Å². The first-order chi connectivity index (χ1) is 7.95. The highest BCUT2D eigenvalue weighted by Gasteiger charge is 2.21. The third-order valence-corrected chi connectivity index (χ3v) is 3.33. The lowest BCUT2D eigenvalue weighted by Gasteiger charge is -2.16. The number of carbonyl (C=O) groups excluding carboxylic acids is 1. The number of rotatable bonds is 5. The van der Waals surface area contributed by atoms with E-state index >= 15 is 0 Å². The fourth-order valence-electron chi connectivity index (χ4n) is 1.11. The molecule has 1 heterocycles. The summed E-state index contributed by atoms with van der Waals surface area (Å²) in [6.45, 7) is 3.81. The maximum Gasteiger partial charge on any atom is 0.345 e. The third-order valence-electron chi connectivity index (χ3n) is 2.46. The van der Waals surface area contributed by atoms with Crippen LogP contribution in [0.5, 0.6) is 0 Å². The predicted octanol–water partition coefficient (Wildman–Crippen LogP) is 1.36. The van der Waals surface area contributed by atoms with E-state index in [0.717, 1.165) is 24.0 Å². The predicted molar refractivity (Wildman–Crippen MR) is 64.8 cm³/mol. The van der Waals surface area contributed by atoms with E-state index < -0.39 is 11.0 Å². The highest BCUT2D eigenvalue weighted by atomic mass is 32.1. The molecule has 0 saturated carbocycles. The van der Waals surface area contributed by atoms with Crippen molar-refractivity contribution in [3.05, 3.63) is 16.3 Å². The monoisotopic (exact) mass is 258 g/mol. The zero-order chi connectivity index (χ0) is 13.0. The molecule has 0 aliphatic carbocycles. The maximum atomic E-state index is 11.7. The molecule has 3 N–H and O–H groups in total. The highest BCUT2D eigenvalue weighted by molar-refractivity contribution is 7.18. The lowest BCUT2D eigenvalue weighted by Crippen LogP contribution is -2.40. The molecule has 0 bridgehead atoms. The number of anilines is 1. The number of nitrogens with two attached hydrogens (primary N) is 1. The average molecular weight is 258 g/mol. The normalized spacial score (nSPS) is 14.1. The Balaban J connectivity index is 2.64. The van der Waals surface area contributed by atoms with Gasteiger partial charge in [-0.1, -0.05) is 20.3 Å². The summed E-state index contributed by atoms with van der Waals surface area (Å²) in [6, 6.07) is -0.636. The Morgan fingerprint density at radius 2 is 2.41 bits per heavy atom. The standard InChI is InChI=1S/C9H14N4O3S/c1-3-5(2)7(10)8(14)12-9-11-4-6(17-9)13(15)16/h4-5,7H,3,10H2,1-2H3,(H,11,12,14)/t5?,7-/m0/s1. The van der Waals surface area contributed by atoms with Gasteiger partial charge in [0.05, 0.1) is 11.0 Å². The Morgan fingerprint density at radius 1 is 1.76 bits per heavy atom. The molecule has 0 fully saturated rings. The quantitative estimate of drug-likeness (QED) is 0.612. The molecule has 0 saturated heterocycles. The van der Waals surface area contributed by atoms with Gasteiger partial charge in [-0.25, -0.2) is 4.98 Å². The van der Waals surface area contributed by atoms with Crippen molar-refractivity contribution in [3.63, 3.8) is 0 Å². The van der Waals surface area contributed by atoms with Crippen LogP contribution in [0.2, 0.25) is 0 Å². The molecular formula is C9H14N4O3S. The first-order valence-corrected chi connectivity index (χ1v) is 5.94. The molecule has 0 radical (unpaired) electrons. The number of carbonyl (C=O) groups is 1.